The van der Waals surface area contributed by atoms with Crippen LogP contribution >= 0.6 is 0 Å². The molecule has 0 unspecified atom stereocenters. The van der Waals surface area contributed by atoms with E-state index < -0.39 is 0 Å². The molecule has 0 amide bonds. The normalized spacial score (nSPS) is 11.5. The molecule has 0 aliphatic carbocycles. The van der Waals surface area contributed by atoms with Crippen molar-refractivity contribution >= 4 is 21.9 Å². The molecule has 154 valence electrons. The molecule has 0 saturated carbocycles. The molecule has 2 aromatic heterocycles. The van der Waals surface area contributed by atoms with E-state index in [2.05, 4.69) is 37.0 Å². The predicted octanol–water partition coefficient (Wildman–Crippen LogP) is 5.20. The van der Waals surface area contributed by atoms with E-state index in [9.17, 15) is 9.18 Å². The second kappa shape index (κ2) is 7.51. The van der Waals surface area contributed by atoms with Crippen LogP contribution in [0.5, 0.6) is 0 Å². The molecule has 0 fully saturated rings. The molecule has 5 rings (SSSR count). The van der Waals surface area contributed by atoms with Crippen molar-refractivity contribution in [2.75, 3.05) is 0 Å². The molecule has 0 spiro atoms. The van der Waals surface area contributed by atoms with Gasteiger partial charge in [0, 0.05) is 11.9 Å². The summed E-state index contributed by atoms with van der Waals surface area (Å²) in [6.07, 6.45) is 1.56. The van der Waals surface area contributed by atoms with E-state index in [1.807, 2.05) is 34.9 Å². The number of nitrogens with zero attached hydrogens (tertiary/aromatic N) is 3. The highest BCUT2D eigenvalue weighted by Gasteiger charge is 2.18. The van der Waals surface area contributed by atoms with Gasteiger partial charge in [-0.2, -0.15) is 0 Å². The zero-order valence-corrected chi connectivity index (χ0v) is 17.5. The highest BCUT2D eigenvalue weighted by molar-refractivity contribution is 6.05. The molecule has 5 aromatic rings. The first-order valence-corrected chi connectivity index (χ1v) is 10.3. The van der Waals surface area contributed by atoms with E-state index >= 15 is 0 Å². The fourth-order valence-electron chi connectivity index (χ4n) is 4.17. The molecule has 0 atom stereocenters. The summed E-state index contributed by atoms with van der Waals surface area (Å²) in [6.45, 7) is 5.07. The summed E-state index contributed by atoms with van der Waals surface area (Å²) in [7, 11) is 0. The highest BCUT2D eigenvalue weighted by atomic mass is 19.1. The second-order valence-corrected chi connectivity index (χ2v) is 8.04. The van der Waals surface area contributed by atoms with Gasteiger partial charge in [-0.25, -0.2) is 9.37 Å². The summed E-state index contributed by atoms with van der Waals surface area (Å²) < 4.78 is 17.7. The molecule has 0 aliphatic rings. The zero-order valence-electron chi connectivity index (χ0n) is 17.5. The lowest BCUT2D eigenvalue weighted by Gasteiger charge is -2.12. The summed E-state index contributed by atoms with van der Waals surface area (Å²) in [5, 5.41) is 0.657. The maximum atomic E-state index is 14.1. The summed E-state index contributed by atoms with van der Waals surface area (Å²) >= 11 is 0. The van der Waals surface area contributed by atoms with Crippen LogP contribution in [0.15, 0.2) is 77.9 Å². The standard InChI is InChI=1S/C26H22FN3O/c1-17-8-9-18(2)20(12-17)15-30-23-11-10-21(27)13-22(23)24-25(30)26(31)29(16-28-24)14-19-6-4-3-5-7-19/h3-13,16H,14-15H2,1-2H3. The molecule has 4 nitrogen and oxygen atoms in total. The van der Waals surface area contributed by atoms with Gasteiger partial charge in [-0.15, -0.1) is 0 Å². The highest BCUT2D eigenvalue weighted by Crippen LogP contribution is 2.28. The smallest absolute Gasteiger partial charge is 0.278 e. The van der Waals surface area contributed by atoms with Crippen LogP contribution in [0.1, 0.15) is 22.3 Å². The first-order valence-electron chi connectivity index (χ1n) is 10.3. The average molecular weight is 411 g/mol. The lowest BCUT2D eigenvalue weighted by Crippen LogP contribution is -2.23. The molecule has 0 aliphatic heterocycles. The molecule has 0 saturated heterocycles. The van der Waals surface area contributed by atoms with Crippen molar-refractivity contribution in [1.82, 2.24) is 14.1 Å². The Labute approximate surface area is 179 Å². The molecular weight excluding hydrogens is 389 g/mol. The van der Waals surface area contributed by atoms with E-state index in [1.165, 1.54) is 12.1 Å². The minimum Gasteiger partial charge on any atom is -0.330 e. The second-order valence-electron chi connectivity index (χ2n) is 8.04. The maximum absolute atomic E-state index is 14.1. The lowest BCUT2D eigenvalue weighted by molar-refractivity contribution is 0.629. The summed E-state index contributed by atoms with van der Waals surface area (Å²) in [5.74, 6) is -0.339. The number of hydrogen-bond acceptors (Lipinski definition) is 2. The number of aromatic nitrogens is 3. The van der Waals surface area contributed by atoms with Crippen LogP contribution in [0, 0.1) is 19.7 Å². The Balaban J connectivity index is 1.75. The van der Waals surface area contributed by atoms with E-state index in [0.717, 1.165) is 27.8 Å². The average Bonchev–Trinajstić information content (AvgIpc) is 3.07. The molecule has 0 N–H and O–H groups in total. The molecule has 2 heterocycles. The predicted molar refractivity (Wildman–Crippen MR) is 122 cm³/mol. The van der Waals surface area contributed by atoms with Gasteiger partial charge >= 0.3 is 0 Å². The van der Waals surface area contributed by atoms with Crippen molar-refractivity contribution in [2.45, 2.75) is 26.9 Å². The van der Waals surface area contributed by atoms with Crippen molar-refractivity contribution in [3.8, 4) is 0 Å². The van der Waals surface area contributed by atoms with Crippen molar-refractivity contribution in [3.63, 3.8) is 0 Å². The fourth-order valence-corrected chi connectivity index (χ4v) is 4.17. The van der Waals surface area contributed by atoms with E-state index in [1.54, 1.807) is 17.0 Å². The Kier molecular flexibility index (Phi) is 4.66. The van der Waals surface area contributed by atoms with Gasteiger partial charge in [-0.05, 0) is 48.7 Å². The first kappa shape index (κ1) is 19.2. The molecule has 3 aromatic carbocycles. The molecule has 0 bridgehead atoms. The van der Waals surface area contributed by atoms with Gasteiger partial charge in [0.25, 0.3) is 5.56 Å². The van der Waals surface area contributed by atoms with E-state index in [-0.39, 0.29) is 11.4 Å². The summed E-state index contributed by atoms with van der Waals surface area (Å²) in [4.78, 5) is 18.1. The third-order valence-electron chi connectivity index (χ3n) is 5.82. The SMILES string of the molecule is Cc1ccc(C)c(Cn2c3ccc(F)cc3c3ncn(Cc4ccccc4)c(=O)c32)c1. The Morgan fingerprint density at radius 3 is 2.55 bits per heavy atom. The largest absolute Gasteiger partial charge is 0.330 e. The molecular formula is C26H22FN3O. The number of aryl methyl sites for hydroxylation is 2. The Bertz CT molecular complexity index is 1480. The van der Waals surface area contributed by atoms with Gasteiger partial charge in [0.2, 0.25) is 0 Å². The van der Waals surface area contributed by atoms with Gasteiger partial charge in [0.15, 0.2) is 0 Å². The zero-order chi connectivity index (χ0) is 21.5. The summed E-state index contributed by atoms with van der Waals surface area (Å²) in [6, 6.07) is 20.7. The monoisotopic (exact) mass is 411 g/mol. The van der Waals surface area contributed by atoms with Crippen LogP contribution in [0.25, 0.3) is 21.9 Å². The Morgan fingerprint density at radius 2 is 1.74 bits per heavy atom. The maximum Gasteiger partial charge on any atom is 0.278 e. The molecule has 31 heavy (non-hydrogen) atoms. The third-order valence-corrected chi connectivity index (χ3v) is 5.82. The van der Waals surface area contributed by atoms with Gasteiger partial charge < -0.3 is 4.57 Å². The quantitative estimate of drug-likeness (QED) is 0.408. The number of benzene rings is 3. The van der Waals surface area contributed by atoms with Crippen molar-refractivity contribution in [3.05, 3.63) is 111 Å². The van der Waals surface area contributed by atoms with Crippen LogP contribution in [0.3, 0.4) is 0 Å². The number of halogens is 1. The van der Waals surface area contributed by atoms with Gasteiger partial charge in [-0.3, -0.25) is 9.36 Å². The van der Waals surface area contributed by atoms with Crippen LogP contribution in [0.4, 0.5) is 4.39 Å². The Hall–Kier alpha value is -3.73. The first-order chi connectivity index (χ1) is 15.0. The minimum atomic E-state index is -0.339. The van der Waals surface area contributed by atoms with E-state index in [4.69, 9.17) is 0 Å². The topological polar surface area (TPSA) is 39.8 Å². The summed E-state index contributed by atoms with van der Waals surface area (Å²) in [5.41, 5.74) is 6.17. The van der Waals surface area contributed by atoms with Gasteiger partial charge in [0.1, 0.15) is 16.9 Å². The lowest BCUT2D eigenvalue weighted by atomic mass is 10.1. The third kappa shape index (κ3) is 3.42. The van der Waals surface area contributed by atoms with Crippen LogP contribution in [-0.4, -0.2) is 14.1 Å². The van der Waals surface area contributed by atoms with Crippen LogP contribution < -0.4 is 5.56 Å². The van der Waals surface area contributed by atoms with Crippen molar-refractivity contribution < 1.29 is 4.39 Å². The number of rotatable bonds is 4. The van der Waals surface area contributed by atoms with E-state index in [0.29, 0.717) is 29.5 Å². The van der Waals surface area contributed by atoms with Crippen molar-refractivity contribution in [1.29, 1.82) is 0 Å². The number of hydrogen-bond donors (Lipinski definition) is 0. The number of fused-ring (bicyclic) bond motifs is 3. The minimum absolute atomic E-state index is 0.129. The molecule has 0 radical (unpaired) electrons. The fraction of sp³-hybridized carbons (Fsp3) is 0.154. The van der Waals surface area contributed by atoms with Crippen molar-refractivity contribution in [2.24, 2.45) is 0 Å². The molecule has 5 heteroatoms. The van der Waals surface area contributed by atoms with Gasteiger partial charge in [0.05, 0.1) is 18.4 Å². The van der Waals surface area contributed by atoms with Gasteiger partial charge in [-0.1, -0.05) is 54.1 Å². The van der Waals surface area contributed by atoms with Crippen LogP contribution in [-0.2, 0) is 13.1 Å². The Morgan fingerprint density at radius 1 is 0.935 bits per heavy atom. The van der Waals surface area contributed by atoms with Crippen LogP contribution in [0.2, 0.25) is 0 Å².